The van der Waals surface area contributed by atoms with Gasteiger partial charge in [-0.25, -0.2) is 16.8 Å². The Balaban J connectivity index is 2.05. The molecule has 0 amide bonds. The molecule has 0 aliphatic carbocycles. The van der Waals surface area contributed by atoms with Gasteiger partial charge in [-0.05, 0) is 49.9 Å². The highest BCUT2D eigenvalue weighted by Gasteiger charge is 2.50. The van der Waals surface area contributed by atoms with Crippen molar-refractivity contribution in [1.82, 2.24) is 18.4 Å². The lowest BCUT2D eigenvalue weighted by atomic mass is 10.1. The highest BCUT2D eigenvalue weighted by molar-refractivity contribution is 7.90. The first-order valence-corrected chi connectivity index (χ1v) is 19.2. The molecule has 0 saturated carbocycles. The Morgan fingerprint density at radius 3 is 1.18 bits per heavy atom. The second-order valence-electron chi connectivity index (χ2n) is 11.9. The van der Waals surface area contributed by atoms with Gasteiger partial charge in [0.15, 0.2) is 0 Å². The van der Waals surface area contributed by atoms with Crippen LogP contribution in [0.4, 0.5) is 26.3 Å². The molecule has 0 unspecified atom stereocenters. The lowest BCUT2D eigenvalue weighted by Gasteiger charge is -2.29. The van der Waals surface area contributed by atoms with Gasteiger partial charge < -0.3 is 10.2 Å². The summed E-state index contributed by atoms with van der Waals surface area (Å²) >= 11 is 0. The fourth-order valence-electron chi connectivity index (χ4n) is 5.38. The summed E-state index contributed by atoms with van der Waals surface area (Å²) in [6, 6.07) is 18.6. The van der Waals surface area contributed by atoms with Crippen LogP contribution in [-0.2, 0) is 33.1 Å². The molecule has 2 atom stereocenters. The zero-order valence-corrected chi connectivity index (χ0v) is 29.9. The van der Waals surface area contributed by atoms with Gasteiger partial charge in [-0.1, -0.05) is 74.5 Å². The van der Waals surface area contributed by atoms with E-state index in [4.69, 9.17) is 0 Å². The summed E-state index contributed by atoms with van der Waals surface area (Å²) < 4.78 is 126. The van der Waals surface area contributed by atoms with E-state index in [2.05, 4.69) is 0 Å². The molecular weight excluding hydrogens is 714 g/mol. The minimum Gasteiger partial charge on any atom is -0.392 e. The number of aliphatic hydroxyl groups excluding tert-OH is 2. The molecule has 0 spiro atoms. The Morgan fingerprint density at radius 1 is 0.580 bits per heavy atom. The van der Waals surface area contributed by atoms with Gasteiger partial charge in [-0.2, -0.15) is 35.0 Å². The first-order valence-electron chi connectivity index (χ1n) is 16.3. The van der Waals surface area contributed by atoms with Gasteiger partial charge in [0.05, 0.1) is 12.2 Å². The van der Waals surface area contributed by atoms with Gasteiger partial charge in [0.2, 0.25) is 0 Å². The molecule has 2 rings (SSSR count). The van der Waals surface area contributed by atoms with Crippen LogP contribution in [0, 0.1) is 0 Å². The van der Waals surface area contributed by atoms with Crippen molar-refractivity contribution in [2.45, 2.75) is 75.8 Å². The van der Waals surface area contributed by atoms with E-state index >= 15 is 0 Å². The SMILES string of the molecule is CCN(CC[C@H](O)CN(CCCCN(Cc1ccccc1)C[C@@H](O)CCN(CC)S(=O)(=O)C(F)(F)F)Cc1ccccc1)S(=O)(=O)C(F)(F)F. The smallest absolute Gasteiger partial charge is 0.392 e. The number of hydrogen-bond acceptors (Lipinski definition) is 8. The van der Waals surface area contributed by atoms with Crippen molar-refractivity contribution in [2.24, 2.45) is 0 Å². The first-order chi connectivity index (χ1) is 23.3. The summed E-state index contributed by atoms with van der Waals surface area (Å²) in [6.45, 7) is 2.65. The Kier molecular flexibility index (Phi) is 17.6. The van der Waals surface area contributed by atoms with Crippen LogP contribution in [0.3, 0.4) is 0 Å². The molecule has 0 fully saturated rings. The van der Waals surface area contributed by atoms with Crippen molar-refractivity contribution in [3.8, 4) is 0 Å². The lowest BCUT2D eigenvalue weighted by Crippen LogP contribution is -2.43. The normalized spacial score (nSPS) is 14.6. The average Bonchev–Trinajstić information content (AvgIpc) is 3.03. The van der Waals surface area contributed by atoms with Crippen molar-refractivity contribution < 1.29 is 53.4 Å². The van der Waals surface area contributed by atoms with E-state index in [0.29, 0.717) is 47.6 Å². The molecule has 2 N–H and O–H groups in total. The van der Waals surface area contributed by atoms with E-state index in [1.165, 1.54) is 13.8 Å². The van der Waals surface area contributed by atoms with Gasteiger partial charge in [0, 0.05) is 52.4 Å². The number of benzene rings is 2. The Hall–Kier alpha value is -2.32. The van der Waals surface area contributed by atoms with Crippen molar-refractivity contribution in [3.05, 3.63) is 71.8 Å². The van der Waals surface area contributed by atoms with Gasteiger partial charge >= 0.3 is 31.1 Å². The quantitative estimate of drug-likeness (QED) is 0.124. The summed E-state index contributed by atoms with van der Waals surface area (Å²) in [4.78, 5) is 3.84. The van der Waals surface area contributed by atoms with Crippen molar-refractivity contribution in [3.63, 3.8) is 0 Å². The number of nitrogens with zero attached hydrogens (tertiary/aromatic N) is 4. The number of alkyl halides is 6. The highest BCUT2D eigenvalue weighted by atomic mass is 32.2. The van der Waals surface area contributed by atoms with Crippen LogP contribution in [-0.4, -0.2) is 121 Å². The zero-order valence-electron chi connectivity index (χ0n) is 28.2. The number of hydrogen-bond donors (Lipinski definition) is 2. The minimum absolute atomic E-state index is 0.0692. The second kappa shape index (κ2) is 20.1. The van der Waals surface area contributed by atoms with E-state index in [1.54, 1.807) is 0 Å². The molecule has 0 aromatic heterocycles. The maximum absolute atomic E-state index is 13.1. The molecule has 286 valence electrons. The van der Waals surface area contributed by atoms with Gasteiger partial charge in [0.25, 0.3) is 0 Å². The van der Waals surface area contributed by atoms with E-state index in [-0.39, 0.29) is 25.9 Å². The van der Waals surface area contributed by atoms with E-state index in [0.717, 1.165) is 11.1 Å². The summed E-state index contributed by atoms with van der Waals surface area (Å²) in [5.41, 5.74) is -9.03. The van der Waals surface area contributed by atoms with Gasteiger partial charge in [-0.15, -0.1) is 0 Å². The van der Waals surface area contributed by atoms with Crippen molar-refractivity contribution in [2.75, 3.05) is 52.4 Å². The summed E-state index contributed by atoms with van der Waals surface area (Å²) in [5.74, 6) is 0. The molecule has 0 radical (unpaired) electrons. The zero-order chi connectivity index (χ0) is 37.6. The Bertz CT molecular complexity index is 1360. The van der Waals surface area contributed by atoms with Crippen LogP contribution < -0.4 is 0 Å². The molecular formula is C32H48F6N4O6S2. The maximum Gasteiger partial charge on any atom is 0.511 e. The fourth-order valence-corrected chi connectivity index (χ4v) is 7.33. The minimum atomic E-state index is -5.53. The number of sulfonamides is 2. The van der Waals surface area contributed by atoms with Crippen LogP contribution in [0.15, 0.2) is 60.7 Å². The van der Waals surface area contributed by atoms with E-state index in [1.807, 2.05) is 70.5 Å². The van der Waals surface area contributed by atoms with Crippen LogP contribution in [0.1, 0.15) is 50.7 Å². The first kappa shape index (κ1) is 43.8. The van der Waals surface area contributed by atoms with Crippen LogP contribution in [0.25, 0.3) is 0 Å². The number of unbranched alkanes of at least 4 members (excludes halogenated alkanes) is 1. The monoisotopic (exact) mass is 762 g/mol. The summed E-state index contributed by atoms with van der Waals surface area (Å²) in [7, 11) is -11.1. The summed E-state index contributed by atoms with van der Waals surface area (Å²) in [6.07, 6.45) is -1.47. The van der Waals surface area contributed by atoms with E-state index in [9.17, 15) is 53.4 Å². The highest BCUT2D eigenvalue weighted by Crippen LogP contribution is 2.28. The molecule has 0 bridgehead atoms. The molecule has 10 nitrogen and oxygen atoms in total. The van der Waals surface area contributed by atoms with Crippen molar-refractivity contribution >= 4 is 20.0 Å². The fraction of sp³-hybridized carbons (Fsp3) is 0.625. The number of rotatable bonds is 23. The Labute approximate surface area is 291 Å². The van der Waals surface area contributed by atoms with Gasteiger partial charge in [-0.3, -0.25) is 9.80 Å². The molecule has 2 aromatic carbocycles. The molecule has 2 aromatic rings. The summed E-state index contributed by atoms with van der Waals surface area (Å²) in [5, 5.41) is 21.5. The molecule has 50 heavy (non-hydrogen) atoms. The predicted molar refractivity (Wildman–Crippen MR) is 178 cm³/mol. The second-order valence-corrected chi connectivity index (χ2v) is 15.8. The Morgan fingerprint density at radius 2 is 0.900 bits per heavy atom. The molecule has 18 heteroatoms. The van der Waals surface area contributed by atoms with Crippen LogP contribution >= 0.6 is 0 Å². The third-order valence-corrected chi connectivity index (χ3v) is 11.4. The van der Waals surface area contributed by atoms with Crippen LogP contribution in [0.5, 0.6) is 0 Å². The van der Waals surface area contributed by atoms with Crippen molar-refractivity contribution in [1.29, 1.82) is 0 Å². The maximum atomic E-state index is 13.1. The molecule has 0 aliphatic heterocycles. The van der Waals surface area contributed by atoms with Gasteiger partial charge in [0.1, 0.15) is 0 Å². The third-order valence-electron chi connectivity index (χ3n) is 8.03. The topological polar surface area (TPSA) is 122 Å². The average molecular weight is 763 g/mol. The third kappa shape index (κ3) is 14.0. The standard InChI is InChI=1S/C32H48F6N4O6S2/c1-3-41(49(45,46)31(33,34)35)21-17-29(43)25-39(23-27-13-7-5-8-14-27)19-11-12-20-40(24-28-15-9-6-10-16-28)26-30(44)18-22-42(4-2)50(47,48)32(36,37)38/h5-10,13-16,29-30,43-44H,3-4,11-12,17-26H2,1-2H3/t29-,30-/m0/s1. The van der Waals surface area contributed by atoms with Crippen LogP contribution in [0.2, 0.25) is 0 Å². The molecule has 0 aliphatic rings. The number of aliphatic hydroxyl groups is 2. The largest absolute Gasteiger partial charge is 0.511 e. The number of halogens is 6. The lowest BCUT2D eigenvalue weighted by molar-refractivity contribution is -0.0496. The molecule has 0 saturated heterocycles. The molecule has 0 heterocycles. The predicted octanol–water partition coefficient (Wildman–Crippen LogP) is 4.62. The van der Waals surface area contributed by atoms with E-state index < -0.39 is 69.5 Å².